The van der Waals surface area contributed by atoms with Crippen LogP contribution in [0.25, 0.3) is 0 Å². The normalized spacial score (nSPS) is 13.9. The monoisotopic (exact) mass is 341 g/mol. The molecule has 1 N–H and O–H groups in total. The molecular formula is C20H23NO4. The Kier molecular flexibility index (Phi) is 5.12. The summed E-state index contributed by atoms with van der Waals surface area (Å²) < 4.78 is 17.0. The van der Waals surface area contributed by atoms with Gasteiger partial charge in [-0.2, -0.15) is 0 Å². The third kappa shape index (κ3) is 4.05. The maximum absolute atomic E-state index is 12.6. The molecule has 0 fully saturated rings. The number of carbonyl (C=O) groups is 1. The molecule has 1 aliphatic heterocycles. The molecule has 1 heterocycles. The fourth-order valence-corrected chi connectivity index (χ4v) is 2.65. The summed E-state index contributed by atoms with van der Waals surface area (Å²) in [6.07, 6.45) is 0.0118. The van der Waals surface area contributed by atoms with Gasteiger partial charge in [0.2, 0.25) is 0 Å². The van der Waals surface area contributed by atoms with Crippen LogP contribution in [0, 0.1) is 13.8 Å². The molecule has 0 aromatic heterocycles. The van der Waals surface area contributed by atoms with Crippen molar-refractivity contribution >= 4 is 11.6 Å². The lowest BCUT2D eigenvalue weighted by molar-refractivity contribution is -0.122. The summed E-state index contributed by atoms with van der Waals surface area (Å²) in [4.78, 5) is 12.6. The van der Waals surface area contributed by atoms with Crippen molar-refractivity contribution in [1.82, 2.24) is 0 Å². The van der Waals surface area contributed by atoms with Crippen LogP contribution < -0.4 is 19.5 Å². The number of amides is 1. The molecule has 2 aromatic carbocycles. The molecule has 0 saturated carbocycles. The first-order chi connectivity index (χ1) is 12.1. The molecule has 25 heavy (non-hydrogen) atoms. The number of aryl methyl sites for hydroxylation is 2. The van der Waals surface area contributed by atoms with E-state index >= 15 is 0 Å². The maximum Gasteiger partial charge on any atom is 0.265 e. The average molecular weight is 341 g/mol. The smallest absolute Gasteiger partial charge is 0.265 e. The molecule has 2 aromatic rings. The van der Waals surface area contributed by atoms with Crippen molar-refractivity contribution in [3.63, 3.8) is 0 Å². The van der Waals surface area contributed by atoms with E-state index in [1.165, 1.54) is 0 Å². The minimum Gasteiger partial charge on any atom is -0.486 e. The third-order valence-corrected chi connectivity index (χ3v) is 4.09. The van der Waals surface area contributed by atoms with Gasteiger partial charge in [-0.15, -0.1) is 0 Å². The van der Waals surface area contributed by atoms with Crippen molar-refractivity contribution in [2.45, 2.75) is 33.3 Å². The Morgan fingerprint density at radius 3 is 2.64 bits per heavy atom. The molecule has 0 unspecified atom stereocenters. The van der Waals surface area contributed by atoms with Crippen LogP contribution in [0.3, 0.4) is 0 Å². The summed E-state index contributed by atoms with van der Waals surface area (Å²) in [6.45, 7) is 6.96. The summed E-state index contributed by atoms with van der Waals surface area (Å²) in [5.74, 6) is 1.90. The summed E-state index contributed by atoms with van der Waals surface area (Å²) in [5.41, 5.74) is 2.77. The van der Waals surface area contributed by atoms with E-state index in [2.05, 4.69) is 5.32 Å². The fraction of sp³-hybridized carbons (Fsp3) is 0.350. The predicted molar refractivity (Wildman–Crippen MR) is 96.7 cm³/mol. The largest absolute Gasteiger partial charge is 0.486 e. The van der Waals surface area contributed by atoms with Crippen molar-refractivity contribution in [2.24, 2.45) is 0 Å². The quantitative estimate of drug-likeness (QED) is 0.897. The molecule has 1 aliphatic rings. The number of hydrogen-bond donors (Lipinski definition) is 1. The summed E-state index contributed by atoms with van der Waals surface area (Å²) >= 11 is 0. The van der Waals surface area contributed by atoms with E-state index in [-0.39, 0.29) is 5.91 Å². The number of rotatable bonds is 5. The number of hydrogen-bond acceptors (Lipinski definition) is 4. The molecule has 132 valence electrons. The number of benzene rings is 2. The van der Waals surface area contributed by atoms with Gasteiger partial charge < -0.3 is 19.5 Å². The lowest BCUT2D eigenvalue weighted by Crippen LogP contribution is -2.32. The zero-order chi connectivity index (χ0) is 17.8. The number of carbonyl (C=O) groups excluding carboxylic acids is 1. The molecule has 0 radical (unpaired) electrons. The summed E-state index contributed by atoms with van der Waals surface area (Å²) in [5, 5.41) is 2.90. The highest BCUT2D eigenvalue weighted by atomic mass is 16.6. The average Bonchev–Trinajstić information content (AvgIpc) is 2.62. The number of anilines is 1. The van der Waals surface area contributed by atoms with Gasteiger partial charge >= 0.3 is 0 Å². The fourth-order valence-electron chi connectivity index (χ4n) is 2.65. The SMILES string of the molecule is CC[C@@H](Oc1cc(C)ccc1C)C(=O)Nc1ccc2c(c1)OCCO2. The Morgan fingerprint density at radius 2 is 1.88 bits per heavy atom. The second-order valence-electron chi connectivity index (χ2n) is 6.13. The maximum atomic E-state index is 12.6. The summed E-state index contributed by atoms with van der Waals surface area (Å²) in [7, 11) is 0. The van der Waals surface area contributed by atoms with Crippen LogP contribution in [-0.4, -0.2) is 25.2 Å². The van der Waals surface area contributed by atoms with Crippen molar-refractivity contribution in [3.8, 4) is 17.2 Å². The van der Waals surface area contributed by atoms with Crippen LogP contribution in [0.5, 0.6) is 17.2 Å². The molecule has 1 atom stereocenters. The van der Waals surface area contributed by atoms with Gasteiger partial charge in [0, 0.05) is 11.8 Å². The van der Waals surface area contributed by atoms with Crippen molar-refractivity contribution in [2.75, 3.05) is 18.5 Å². The molecule has 0 saturated heterocycles. The second kappa shape index (κ2) is 7.47. The van der Waals surface area contributed by atoms with E-state index in [0.29, 0.717) is 36.8 Å². The zero-order valence-corrected chi connectivity index (χ0v) is 14.8. The molecule has 0 aliphatic carbocycles. The van der Waals surface area contributed by atoms with Crippen LogP contribution >= 0.6 is 0 Å². The Bertz CT molecular complexity index is 772. The van der Waals surface area contributed by atoms with Gasteiger partial charge in [0.25, 0.3) is 5.91 Å². The molecule has 1 amide bonds. The van der Waals surface area contributed by atoms with Gasteiger partial charge in [0.1, 0.15) is 19.0 Å². The van der Waals surface area contributed by atoms with Crippen LogP contribution in [0.2, 0.25) is 0 Å². The number of fused-ring (bicyclic) bond motifs is 1. The number of nitrogens with one attached hydrogen (secondary N) is 1. The van der Waals surface area contributed by atoms with E-state index in [4.69, 9.17) is 14.2 Å². The van der Waals surface area contributed by atoms with E-state index in [1.54, 1.807) is 18.2 Å². The van der Waals surface area contributed by atoms with Crippen LogP contribution in [0.15, 0.2) is 36.4 Å². The van der Waals surface area contributed by atoms with E-state index in [9.17, 15) is 4.79 Å². The van der Waals surface area contributed by atoms with E-state index in [1.807, 2.05) is 39.0 Å². The van der Waals surface area contributed by atoms with Crippen molar-refractivity contribution < 1.29 is 19.0 Å². The van der Waals surface area contributed by atoms with Crippen molar-refractivity contribution in [1.29, 1.82) is 0 Å². The highest BCUT2D eigenvalue weighted by molar-refractivity contribution is 5.94. The van der Waals surface area contributed by atoms with Crippen LogP contribution in [0.4, 0.5) is 5.69 Å². The standard InChI is InChI=1S/C20H23NO4/c1-4-16(25-18-11-13(2)5-6-14(18)3)20(22)21-15-7-8-17-19(12-15)24-10-9-23-17/h5-8,11-12,16H,4,9-10H2,1-3H3,(H,21,22)/t16-/m1/s1. The first-order valence-corrected chi connectivity index (χ1v) is 8.51. The van der Waals surface area contributed by atoms with Gasteiger partial charge in [-0.05, 0) is 49.6 Å². The van der Waals surface area contributed by atoms with Crippen LogP contribution in [-0.2, 0) is 4.79 Å². The molecule has 5 heteroatoms. The van der Waals surface area contributed by atoms with Gasteiger partial charge in [0.15, 0.2) is 17.6 Å². The molecule has 0 bridgehead atoms. The predicted octanol–water partition coefficient (Wildman–Crippen LogP) is 3.87. The van der Waals surface area contributed by atoms with Gasteiger partial charge in [0.05, 0.1) is 0 Å². The van der Waals surface area contributed by atoms with Gasteiger partial charge in [-0.25, -0.2) is 0 Å². The Balaban J connectivity index is 1.71. The first kappa shape index (κ1) is 17.1. The topological polar surface area (TPSA) is 56.8 Å². The Labute approximate surface area is 147 Å². The highest BCUT2D eigenvalue weighted by Crippen LogP contribution is 2.32. The van der Waals surface area contributed by atoms with Gasteiger partial charge in [-0.1, -0.05) is 19.1 Å². The molecule has 0 spiro atoms. The second-order valence-corrected chi connectivity index (χ2v) is 6.13. The summed E-state index contributed by atoms with van der Waals surface area (Å²) in [6, 6.07) is 11.4. The van der Waals surface area contributed by atoms with Crippen molar-refractivity contribution in [3.05, 3.63) is 47.5 Å². The lowest BCUT2D eigenvalue weighted by Gasteiger charge is -2.21. The highest BCUT2D eigenvalue weighted by Gasteiger charge is 2.20. The van der Waals surface area contributed by atoms with E-state index < -0.39 is 6.10 Å². The minimum atomic E-state index is -0.561. The lowest BCUT2D eigenvalue weighted by atomic mass is 10.1. The first-order valence-electron chi connectivity index (χ1n) is 8.51. The third-order valence-electron chi connectivity index (χ3n) is 4.09. The molecule has 5 nitrogen and oxygen atoms in total. The van der Waals surface area contributed by atoms with E-state index in [0.717, 1.165) is 16.9 Å². The molecule has 3 rings (SSSR count). The Hall–Kier alpha value is -2.69. The van der Waals surface area contributed by atoms with Crippen LogP contribution in [0.1, 0.15) is 24.5 Å². The minimum absolute atomic E-state index is 0.180. The zero-order valence-electron chi connectivity index (χ0n) is 14.8. The number of ether oxygens (including phenoxy) is 3. The Morgan fingerprint density at radius 1 is 1.12 bits per heavy atom. The molecular weight excluding hydrogens is 318 g/mol. The van der Waals surface area contributed by atoms with Gasteiger partial charge in [-0.3, -0.25) is 4.79 Å².